The first-order valence-corrected chi connectivity index (χ1v) is 7.71. The van der Waals surface area contributed by atoms with Gasteiger partial charge in [0.1, 0.15) is 0 Å². The summed E-state index contributed by atoms with van der Waals surface area (Å²) in [7, 11) is 1.70. The molecule has 0 amide bonds. The third kappa shape index (κ3) is 6.82. The van der Waals surface area contributed by atoms with Crippen molar-refractivity contribution in [3.05, 3.63) is 23.8 Å². The molecule has 1 unspecified atom stereocenters. The molecule has 4 nitrogen and oxygen atoms in total. The fourth-order valence-electron chi connectivity index (χ4n) is 1.91. The van der Waals surface area contributed by atoms with Gasteiger partial charge in [0.05, 0.1) is 12.7 Å². The minimum atomic E-state index is 0.101. The summed E-state index contributed by atoms with van der Waals surface area (Å²) in [6.45, 7) is 10.5. The van der Waals surface area contributed by atoms with Gasteiger partial charge in [-0.3, -0.25) is 0 Å². The minimum absolute atomic E-state index is 0.101. The normalized spacial score (nSPS) is 12.5. The Morgan fingerprint density at radius 2 is 1.90 bits per heavy atom. The van der Waals surface area contributed by atoms with E-state index in [1.54, 1.807) is 7.11 Å². The van der Waals surface area contributed by atoms with Crippen LogP contribution in [0.15, 0.2) is 18.2 Å². The van der Waals surface area contributed by atoms with Crippen LogP contribution in [-0.2, 0) is 11.3 Å². The Balaban J connectivity index is 2.73. The van der Waals surface area contributed by atoms with E-state index in [-0.39, 0.29) is 6.10 Å². The molecule has 21 heavy (non-hydrogen) atoms. The van der Waals surface area contributed by atoms with Crippen molar-refractivity contribution < 1.29 is 14.2 Å². The van der Waals surface area contributed by atoms with Gasteiger partial charge in [-0.05, 0) is 31.5 Å². The van der Waals surface area contributed by atoms with Crippen molar-refractivity contribution in [3.8, 4) is 11.5 Å². The van der Waals surface area contributed by atoms with E-state index in [2.05, 4.69) is 31.3 Å². The van der Waals surface area contributed by atoms with Crippen LogP contribution in [0.4, 0.5) is 0 Å². The van der Waals surface area contributed by atoms with Crippen LogP contribution in [0.1, 0.15) is 39.7 Å². The van der Waals surface area contributed by atoms with Crippen LogP contribution in [0.25, 0.3) is 0 Å². The average Bonchev–Trinajstić information content (AvgIpc) is 2.45. The Labute approximate surface area is 128 Å². The number of ether oxygens (including phenoxy) is 3. The van der Waals surface area contributed by atoms with Gasteiger partial charge in [0, 0.05) is 32.7 Å². The van der Waals surface area contributed by atoms with Crippen molar-refractivity contribution >= 4 is 0 Å². The van der Waals surface area contributed by atoms with Crippen molar-refractivity contribution in [2.75, 3.05) is 20.3 Å². The maximum Gasteiger partial charge on any atom is 0.161 e. The third-order valence-corrected chi connectivity index (χ3v) is 3.08. The molecule has 0 heterocycles. The Bertz CT molecular complexity index is 407. The standard InChI is InChI=1S/C17H29NO3/c1-6-20-17-11-15(12-18-13(2)3)7-8-16(17)21-14(4)9-10-19-5/h7-8,11,13-14,18H,6,9-10,12H2,1-5H3. The molecule has 0 bridgehead atoms. The van der Waals surface area contributed by atoms with Gasteiger partial charge in [0.15, 0.2) is 11.5 Å². The van der Waals surface area contributed by atoms with Crippen LogP contribution in [0.3, 0.4) is 0 Å². The first-order chi connectivity index (χ1) is 10.1. The van der Waals surface area contributed by atoms with Gasteiger partial charge in [-0.15, -0.1) is 0 Å². The van der Waals surface area contributed by atoms with Crippen LogP contribution >= 0.6 is 0 Å². The molecule has 120 valence electrons. The summed E-state index contributed by atoms with van der Waals surface area (Å²) < 4.78 is 16.7. The molecule has 0 saturated heterocycles. The molecular weight excluding hydrogens is 266 g/mol. The first kappa shape index (κ1) is 17.8. The Morgan fingerprint density at radius 3 is 2.52 bits per heavy atom. The molecule has 1 aromatic rings. The Kier molecular flexibility index (Phi) is 8.16. The number of hydrogen-bond acceptors (Lipinski definition) is 4. The SMILES string of the molecule is CCOc1cc(CNC(C)C)ccc1OC(C)CCOC. The third-order valence-electron chi connectivity index (χ3n) is 3.08. The second kappa shape index (κ2) is 9.64. The van der Waals surface area contributed by atoms with Gasteiger partial charge in [0.25, 0.3) is 0 Å². The maximum atomic E-state index is 5.96. The first-order valence-electron chi connectivity index (χ1n) is 7.71. The zero-order valence-electron chi connectivity index (χ0n) is 13.9. The summed E-state index contributed by atoms with van der Waals surface area (Å²) in [5, 5.41) is 3.41. The number of hydrogen-bond donors (Lipinski definition) is 1. The molecule has 1 atom stereocenters. The Hall–Kier alpha value is -1.26. The van der Waals surface area contributed by atoms with Gasteiger partial charge < -0.3 is 19.5 Å². The lowest BCUT2D eigenvalue weighted by Gasteiger charge is -2.18. The van der Waals surface area contributed by atoms with Crippen molar-refractivity contribution in [1.29, 1.82) is 0 Å². The van der Waals surface area contributed by atoms with Gasteiger partial charge in [-0.2, -0.15) is 0 Å². The lowest BCUT2D eigenvalue weighted by Crippen LogP contribution is -2.21. The Morgan fingerprint density at radius 1 is 1.14 bits per heavy atom. The average molecular weight is 295 g/mol. The van der Waals surface area contributed by atoms with E-state index in [9.17, 15) is 0 Å². The van der Waals surface area contributed by atoms with E-state index in [1.165, 1.54) is 5.56 Å². The summed E-state index contributed by atoms with van der Waals surface area (Å²) in [5.74, 6) is 1.61. The second-order valence-electron chi connectivity index (χ2n) is 5.46. The lowest BCUT2D eigenvalue weighted by atomic mass is 10.2. The predicted octanol–water partition coefficient (Wildman–Crippen LogP) is 3.39. The largest absolute Gasteiger partial charge is 0.490 e. The van der Waals surface area contributed by atoms with E-state index >= 15 is 0 Å². The smallest absolute Gasteiger partial charge is 0.161 e. The molecule has 1 rings (SSSR count). The monoisotopic (exact) mass is 295 g/mol. The predicted molar refractivity (Wildman–Crippen MR) is 86.2 cm³/mol. The summed E-state index contributed by atoms with van der Waals surface area (Å²) in [4.78, 5) is 0. The zero-order chi connectivity index (χ0) is 15.7. The van der Waals surface area contributed by atoms with Crippen molar-refractivity contribution in [2.24, 2.45) is 0 Å². The molecule has 4 heteroatoms. The van der Waals surface area contributed by atoms with E-state index in [0.29, 0.717) is 19.3 Å². The highest BCUT2D eigenvalue weighted by Gasteiger charge is 2.10. The molecule has 0 aromatic heterocycles. The molecule has 0 radical (unpaired) electrons. The van der Waals surface area contributed by atoms with Crippen LogP contribution in [-0.4, -0.2) is 32.5 Å². The second-order valence-corrected chi connectivity index (χ2v) is 5.46. The van der Waals surface area contributed by atoms with Crippen LogP contribution in [0.5, 0.6) is 11.5 Å². The van der Waals surface area contributed by atoms with Gasteiger partial charge in [-0.1, -0.05) is 19.9 Å². The van der Waals surface area contributed by atoms with E-state index in [4.69, 9.17) is 14.2 Å². The molecular formula is C17H29NO3. The molecule has 0 fully saturated rings. The van der Waals surface area contributed by atoms with Crippen molar-refractivity contribution in [2.45, 2.75) is 52.8 Å². The van der Waals surface area contributed by atoms with E-state index in [1.807, 2.05) is 19.9 Å². The van der Waals surface area contributed by atoms with E-state index < -0.39 is 0 Å². The molecule has 0 saturated carbocycles. The summed E-state index contributed by atoms with van der Waals surface area (Å²) in [5.41, 5.74) is 1.20. The molecule has 1 aromatic carbocycles. The molecule has 1 N–H and O–H groups in total. The lowest BCUT2D eigenvalue weighted by molar-refractivity contribution is 0.132. The number of methoxy groups -OCH3 is 1. The number of rotatable bonds is 10. The van der Waals surface area contributed by atoms with Gasteiger partial charge in [0.2, 0.25) is 0 Å². The number of benzene rings is 1. The summed E-state index contributed by atoms with van der Waals surface area (Å²) in [6.07, 6.45) is 0.961. The summed E-state index contributed by atoms with van der Waals surface area (Å²) >= 11 is 0. The molecule has 0 aliphatic rings. The molecule has 0 aliphatic carbocycles. The number of nitrogens with one attached hydrogen (secondary N) is 1. The van der Waals surface area contributed by atoms with Gasteiger partial charge >= 0.3 is 0 Å². The van der Waals surface area contributed by atoms with Crippen molar-refractivity contribution in [3.63, 3.8) is 0 Å². The fraction of sp³-hybridized carbons (Fsp3) is 0.647. The van der Waals surface area contributed by atoms with Crippen LogP contribution < -0.4 is 14.8 Å². The highest BCUT2D eigenvalue weighted by Crippen LogP contribution is 2.29. The zero-order valence-corrected chi connectivity index (χ0v) is 13.9. The van der Waals surface area contributed by atoms with Gasteiger partial charge in [-0.25, -0.2) is 0 Å². The van der Waals surface area contributed by atoms with Crippen LogP contribution in [0, 0.1) is 0 Å². The molecule has 0 spiro atoms. The van der Waals surface area contributed by atoms with Crippen molar-refractivity contribution in [1.82, 2.24) is 5.32 Å². The summed E-state index contributed by atoms with van der Waals surface area (Å²) in [6, 6.07) is 6.59. The highest BCUT2D eigenvalue weighted by molar-refractivity contribution is 5.43. The van der Waals surface area contributed by atoms with E-state index in [0.717, 1.165) is 24.5 Å². The quantitative estimate of drug-likeness (QED) is 0.718. The van der Waals surface area contributed by atoms with Crippen LogP contribution in [0.2, 0.25) is 0 Å². The minimum Gasteiger partial charge on any atom is -0.490 e. The highest BCUT2D eigenvalue weighted by atomic mass is 16.5. The maximum absolute atomic E-state index is 5.96. The topological polar surface area (TPSA) is 39.7 Å². The fourth-order valence-corrected chi connectivity index (χ4v) is 1.91. The molecule has 0 aliphatic heterocycles.